The second kappa shape index (κ2) is 3.86. The first-order valence-corrected chi connectivity index (χ1v) is 5.55. The summed E-state index contributed by atoms with van der Waals surface area (Å²) in [5.41, 5.74) is 1.96. The van der Waals surface area contributed by atoms with Crippen molar-refractivity contribution in [2.24, 2.45) is 5.92 Å². The summed E-state index contributed by atoms with van der Waals surface area (Å²) in [6.45, 7) is 4.73. The standard InChI is InChI=1S/C12H14ClNO/c1-8-3-4-10(7-11(8)13)14-6-5-9(2)12(14)15/h3-4,7,9H,5-6H2,1-2H3/t9-/m1/s1. The third-order valence-electron chi connectivity index (χ3n) is 2.94. The first kappa shape index (κ1) is 10.5. The van der Waals surface area contributed by atoms with E-state index in [2.05, 4.69) is 0 Å². The first-order valence-electron chi connectivity index (χ1n) is 5.17. The van der Waals surface area contributed by atoms with E-state index in [1.54, 1.807) is 0 Å². The van der Waals surface area contributed by atoms with Crippen LogP contribution in [0, 0.1) is 12.8 Å². The number of nitrogens with zero attached hydrogens (tertiary/aromatic N) is 1. The van der Waals surface area contributed by atoms with E-state index in [4.69, 9.17) is 11.6 Å². The van der Waals surface area contributed by atoms with Crippen LogP contribution in [0.4, 0.5) is 5.69 Å². The second-order valence-corrected chi connectivity index (χ2v) is 4.52. The van der Waals surface area contributed by atoms with Crippen LogP contribution in [0.25, 0.3) is 0 Å². The number of halogens is 1. The monoisotopic (exact) mass is 223 g/mol. The molecule has 0 spiro atoms. The van der Waals surface area contributed by atoms with Crippen LogP contribution in [-0.2, 0) is 4.79 Å². The minimum absolute atomic E-state index is 0.144. The van der Waals surface area contributed by atoms with Crippen molar-refractivity contribution in [3.05, 3.63) is 28.8 Å². The van der Waals surface area contributed by atoms with Gasteiger partial charge in [0, 0.05) is 23.2 Å². The Hall–Kier alpha value is -1.02. The summed E-state index contributed by atoms with van der Waals surface area (Å²) in [6.07, 6.45) is 0.935. The van der Waals surface area contributed by atoms with Gasteiger partial charge in [-0.05, 0) is 31.0 Å². The highest BCUT2D eigenvalue weighted by atomic mass is 35.5. The van der Waals surface area contributed by atoms with Gasteiger partial charge in [0.2, 0.25) is 5.91 Å². The van der Waals surface area contributed by atoms with Crippen molar-refractivity contribution in [1.82, 2.24) is 0 Å². The predicted octanol–water partition coefficient (Wildman–Crippen LogP) is 3.02. The molecule has 0 radical (unpaired) electrons. The Morgan fingerprint density at radius 1 is 1.47 bits per heavy atom. The second-order valence-electron chi connectivity index (χ2n) is 4.11. The summed E-state index contributed by atoms with van der Waals surface area (Å²) in [6, 6.07) is 5.78. The maximum Gasteiger partial charge on any atom is 0.229 e. The van der Waals surface area contributed by atoms with E-state index in [0.29, 0.717) is 0 Å². The van der Waals surface area contributed by atoms with Crippen LogP contribution >= 0.6 is 11.6 Å². The molecular weight excluding hydrogens is 210 g/mol. The molecule has 1 heterocycles. The Morgan fingerprint density at radius 3 is 2.73 bits per heavy atom. The summed E-state index contributed by atoms with van der Waals surface area (Å²) in [5, 5.41) is 0.722. The van der Waals surface area contributed by atoms with Crippen molar-refractivity contribution in [3.63, 3.8) is 0 Å². The highest BCUT2D eigenvalue weighted by molar-refractivity contribution is 6.31. The minimum Gasteiger partial charge on any atom is -0.312 e. The largest absolute Gasteiger partial charge is 0.312 e. The summed E-state index contributed by atoms with van der Waals surface area (Å²) >= 11 is 6.04. The topological polar surface area (TPSA) is 20.3 Å². The maximum atomic E-state index is 11.8. The number of carbonyl (C=O) groups excluding carboxylic acids is 1. The van der Waals surface area contributed by atoms with Crippen molar-refractivity contribution >= 4 is 23.2 Å². The molecule has 1 saturated heterocycles. The molecule has 2 nitrogen and oxygen atoms in total. The SMILES string of the molecule is Cc1ccc(N2CC[C@@H](C)C2=O)cc1Cl. The Labute approximate surface area is 94.8 Å². The van der Waals surface area contributed by atoms with E-state index in [9.17, 15) is 4.79 Å². The zero-order valence-corrected chi connectivity index (χ0v) is 9.71. The fraction of sp³-hybridized carbons (Fsp3) is 0.417. The predicted molar refractivity (Wildman–Crippen MR) is 62.3 cm³/mol. The van der Waals surface area contributed by atoms with Gasteiger partial charge in [0.25, 0.3) is 0 Å². The summed E-state index contributed by atoms with van der Waals surface area (Å²) in [7, 11) is 0. The van der Waals surface area contributed by atoms with Crippen molar-refractivity contribution in [2.75, 3.05) is 11.4 Å². The lowest BCUT2D eigenvalue weighted by atomic mass is 10.1. The van der Waals surface area contributed by atoms with Gasteiger partial charge in [0.15, 0.2) is 0 Å². The summed E-state index contributed by atoms with van der Waals surface area (Å²) in [5.74, 6) is 0.347. The van der Waals surface area contributed by atoms with Crippen LogP contribution in [0.3, 0.4) is 0 Å². The maximum absolute atomic E-state index is 11.8. The van der Waals surface area contributed by atoms with Crippen molar-refractivity contribution < 1.29 is 4.79 Å². The third-order valence-corrected chi connectivity index (χ3v) is 3.35. The van der Waals surface area contributed by atoms with Crippen LogP contribution < -0.4 is 4.90 Å². The third kappa shape index (κ3) is 1.86. The van der Waals surface area contributed by atoms with Gasteiger partial charge in [-0.1, -0.05) is 24.6 Å². The van der Waals surface area contributed by atoms with Crippen molar-refractivity contribution in [1.29, 1.82) is 0 Å². The number of rotatable bonds is 1. The van der Waals surface area contributed by atoms with E-state index < -0.39 is 0 Å². The minimum atomic E-state index is 0.144. The molecule has 0 N–H and O–H groups in total. The molecule has 1 amide bonds. The van der Waals surface area contributed by atoms with E-state index >= 15 is 0 Å². The molecule has 0 bridgehead atoms. The van der Waals surface area contributed by atoms with Gasteiger partial charge in [0.05, 0.1) is 0 Å². The molecule has 80 valence electrons. The lowest BCUT2D eigenvalue weighted by molar-refractivity contribution is -0.119. The zero-order chi connectivity index (χ0) is 11.0. The van der Waals surface area contributed by atoms with Gasteiger partial charge < -0.3 is 4.90 Å². The number of benzene rings is 1. The van der Waals surface area contributed by atoms with Crippen LogP contribution in [0.5, 0.6) is 0 Å². The first-order chi connectivity index (χ1) is 7.09. The number of aryl methyl sites for hydroxylation is 1. The average molecular weight is 224 g/mol. The Kier molecular flexibility index (Phi) is 2.70. The van der Waals surface area contributed by atoms with E-state index in [0.717, 1.165) is 29.2 Å². The summed E-state index contributed by atoms with van der Waals surface area (Å²) < 4.78 is 0. The highest BCUT2D eigenvalue weighted by Gasteiger charge is 2.28. The van der Waals surface area contributed by atoms with E-state index in [1.807, 2.05) is 36.9 Å². The Bertz CT molecular complexity index is 403. The van der Waals surface area contributed by atoms with Gasteiger partial charge in [-0.2, -0.15) is 0 Å². The fourth-order valence-corrected chi connectivity index (χ4v) is 2.00. The molecule has 0 unspecified atom stereocenters. The van der Waals surface area contributed by atoms with E-state index in [-0.39, 0.29) is 11.8 Å². The van der Waals surface area contributed by atoms with Gasteiger partial charge >= 0.3 is 0 Å². The van der Waals surface area contributed by atoms with Crippen LogP contribution in [-0.4, -0.2) is 12.5 Å². The smallest absolute Gasteiger partial charge is 0.229 e. The number of hydrogen-bond acceptors (Lipinski definition) is 1. The molecule has 0 saturated carbocycles. The number of carbonyl (C=O) groups is 1. The molecule has 1 aromatic carbocycles. The molecule has 1 fully saturated rings. The average Bonchev–Trinajstić information content (AvgIpc) is 2.53. The lowest BCUT2D eigenvalue weighted by Crippen LogP contribution is -2.26. The molecule has 1 atom stereocenters. The quantitative estimate of drug-likeness (QED) is 0.717. The fourth-order valence-electron chi connectivity index (χ4n) is 1.83. The zero-order valence-electron chi connectivity index (χ0n) is 8.96. The van der Waals surface area contributed by atoms with Gasteiger partial charge in [-0.15, -0.1) is 0 Å². The van der Waals surface area contributed by atoms with Crippen molar-refractivity contribution in [3.8, 4) is 0 Å². The Morgan fingerprint density at radius 2 is 2.20 bits per heavy atom. The molecule has 0 aromatic heterocycles. The molecule has 1 aliphatic rings. The lowest BCUT2D eigenvalue weighted by Gasteiger charge is -2.16. The van der Waals surface area contributed by atoms with Crippen LogP contribution in [0.2, 0.25) is 5.02 Å². The molecule has 1 aliphatic heterocycles. The van der Waals surface area contributed by atoms with Crippen LogP contribution in [0.15, 0.2) is 18.2 Å². The van der Waals surface area contributed by atoms with E-state index in [1.165, 1.54) is 0 Å². The molecular formula is C12H14ClNO. The molecule has 3 heteroatoms. The number of hydrogen-bond donors (Lipinski definition) is 0. The van der Waals surface area contributed by atoms with Crippen molar-refractivity contribution in [2.45, 2.75) is 20.3 Å². The van der Waals surface area contributed by atoms with Gasteiger partial charge in [0.1, 0.15) is 0 Å². The molecule has 15 heavy (non-hydrogen) atoms. The molecule has 1 aromatic rings. The highest BCUT2D eigenvalue weighted by Crippen LogP contribution is 2.28. The van der Waals surface area contributed by atoms with Crippen LogP contribution in [0.1, 0.15) is 18.9 Å². The normalized spacial score (nSPS) is 21.1. The molecule has 2 rings (SSSR count). The number of anilines is 1. The number of amides is 1. The van der Waals surface area contributed by atoms with Gasteiger partial charge in [-0.25, -0.2) is 0 Å². The van der Waals surface area contributed by atoms with Gasteiger partial charge in [-0.3, -0.25) is 4.79 Å². The Balaban J connectivity index is 2.31. The molecule has 0 aliphatic carbocycles. The summed E-state index contributed by atoms with van der Waals surface area (Å²) in [4.78, 5) is 13.6.